The number of hydrogen-bond donors (Lipinski definition) is 2. The molecule has 1 aromatic heterocycles. The predicted molar refractivity (Wildman–Crippen MR) is 120 cm³/mol. The Bertz CT molecular complexity index is 838. The Hall–Kier alpha value is -1.56. The molecule has 1 heterocycles. The van der Waals surface area contributed by atoms with Gasteiger partial charge in [0.15, 0.2) is 5.96 Å². The van der Waals surface area contributed by atoms with Gasteiger partial charge < -0.3 is 15.2 Å². The van der Waals surface area contributed by atoms with E-state index in [4.69, 9.17) is 16.1 Å². The number of guanidine groups is 1. The van der Waals surface area contributed by atoms with Crippen molar-refractivity contribution in [1.29, 1.82) is 0 Å². The fourth-order valence-corrected chi connectivity index (χ4v) is 3.48. The number of aliphatic imine (C=N–C) groups is 1. The maximum atomic E-state index is 12.8. The second kappa shape index (κ2) is 11.2. The quantitative estimate of drug-likeness (QED) is 0.301. The summed E-state index contributed by atoms with van der Waals surface area (Å²) in [5.74, 6) is 0.0629. The smallest absolute Gasteiger partial charge is 0.357 e. The zero-order valence-corrected chi connectivity index (χ0v) is 19.5. The number of hydrogen-bond acceptors (Lipinski definition) is 4. The molecule has 166 valence electrons. The molecule has 2 N–H and O–H groups in total. The van der Waals surface area contributed by atoms with E-state index in [-0.39, 0.29) is 49.4 Å². The highest BCUT2D eigenvalue weighted by Crippen LogP contribution is 2.37. The van der Waals surface area contributed by atoms with E-state index in [9.17, 15) is 13.2 Å². The number of benzene rings is 1. The zero-order valence-electron chi connectivity index (χ0n) is 16.4. The molecule has 1 aliphatic rings. The standard InChI is InChI=1S/C19H23ClF3N5O.HI/c1-2-24-18(26-15-8-6-13(7-9-15)19(21,22)23)25-11-16-27-17(28-29-16)12-4-3-5-14(20)10-12;/h3-5,10,13,15H,2,6-9,11H2,1H3,(H2,24,25,26);1H. The summed E-state index contributed by atoms with van der Waals surface area (Å²) in [5.41, 5.74) is 0.739. The third-order valence-corrected chi connectivity index (χ3v) is 5.03. The number of aromatic nitrogens is 2. The van der Waals surface area contributed by atoms with Crippen LogP contribution < -0.4 is 10.6 Å². The van der Waals surface area contributed by atoms with E-state index in [1.54, 1.807) is 18.2 Å². The first kappa shape index (κ1) is 24.7. The summed E-state index contributed by atoms with van der Waals surface area (Å²) in [5, 5.41) is 10.8. The number of nitrogens with one attached hydrogen (secondary N) is 2. The summed E-state index contributed by atoms with van der Waals surface area (Å²) < 4.78 is 43.7. The van der Waals surface area contributed by atoms with Gasteiger partial charge in [0.05, 0.1) is 5.92 Å². The molecule has 1 aliphatic carbocycles. The molecule has 1 saturated carbocycles. The van der Waals surface area contributed by atoms with Crippen LogP contribution in [0.4, 0.5) is 13.2 Å². The highest BCUT2D eigenvalue weighted by molar-refractivity contribution is 14.0. The van der Waals surface area contributed by atoms with Crippen molar-refractivity contribution >= 4 is 41.5 Å². The number of halogens is 5. The van der Waals surface area contributed by atoms with Gasteiger partial charge >= 0.3 is 6.18 Å². The summed E-state index contributed by atoms with van der Waals surface area (Å²) in [6, 6.07) is 7.07. The Balaban J connectivity index is 0.00000320. The fraction of sp³-hybridized carbons (Fsp3) is 0.526. The molecule has 11 heteroatoms. The lowest BCUT2D eigenvalue weighted by molar-refractivity contribution is -0.182. The van der Waals surface area contributed by atoms with Gasteiger partial charge in [0.2, 0.25) is 11.7 Å². The van der Waals surface area contributed by atoms with Gasteiger partial charge in [-0.15, -0.1) is 24.0 Å². The molecular weight excluding hydrogens is 534 g/mol. The Morgan fingerprint density at radius 3 is 2.63 bits per heavy atom. The third kappa shape index (κ3) is 7.00. The van der Waals surface area contributed by atoms with Crippen molar-refractivity contribution in [3.8, 4) is 11.4 Å². The van der Waals surface area contributed by atoms with Gasteiger partial charge in [-0.2, -0.15) is 18.2 Å². The average Bonchev–Trinajstić information content (AvgIpc) is 3.15. The second-order valence-electron chi connectivity index (χ2n) is 6.95. The van der Waals surface area contributed by atoms with Crippen molar-refractivity contribution in [2.75, 3.05) is 6.54 Å². The van der Waals surface area contributed by atoms with Crippen LogP contribution in [0, 0.1) is 5.92 Å². The molecule has 1 fully saturated rings. The molecule has 3 rings (SSSR count). The SMILES string of the molecule is CCNC(=NCc1nc(-c2cccc(Cl)c2)no1)NC1CCC(C(F)(F)F)CC1.I. The lowest BCUT2D eigenvalue weighted by Crippen LogP contribution is -2.45. The highest BCUT2D eigenvalue weighted by atomic mass is 127. The van der Waals surface area contributed by atoms with Crippen molar-refractivity contribution in [1.82, 2.24) is 20.8 Å². The third-order valence-electron chi connectivity index (χ3n) is 4.80. The van der Waals surface area contributed by atoms with Crippen LogP contribution in [-0.4, -0.2) is 34.9 Å². The summed E-state index contributed by atoms with van der Waals surface area (Å²) in [4.78, 5) is 8.73. The van der Waals surface area contributed by atoms with Gasteiger partial charge in [0.25, 0.3) is 0 Å². The molecule has 6 nitrogen and oxygen atoms in total. The van der Waals surface area contributed by atoms with Crippen LogP contribution in [-0.2, 0) is 6.54 Å². The molecule has 0 amide bonds. The van der Waals surface area contributed by atoms with Crippen molar-refractivity contribution < 1.29 is 17.7 Å². The van der Waals surface area contributed by atoms with E-state index in [1.807, 2.05) is 13.0 Å². The topological polar surface area (TPSA) is 75.3 Å². The predicted octanol–water partition coefficient (Wildman–Crippen LogP) is 5.18. The van der Waals surface area contributed by atoms with E-state index < -0.39 is 12.1 Å². The zero-order chi connectivity index (χ0) is 20.9. The van der Waals surface area contributed by atoms with E-state index in [2.05, 4.69) is 25.8 Å². The van der Waals surface area contributed by atoms with E-state index >= 15 is 0 Å². The molecule has 1 aromatic carbocycles. The van der Waals surface area contributed by atoms with E-state index in [0.29, 0.717) is 42.1 Å². The van der Waals surface area contributed by atoms with Gasteiger partial charge in [-0.3, -0.25) is 0 Å². The first-order chi connectivity index (χ1) is 13.8. The van der Waals surface area contributed by atoms with Gasteiger partial charge in [-0.05, 0) is 44.7 Å². The minimum absolute atomic E-state index is 0. The first-order valence-electron chi connectivity index (χ1n) is 9.55. The van der Waals surface area contributed by atoms with E-state index in [1.165, 1.54) is 0 Å². The van der Waals surface area contributed by atoms with Crippen molar-refractivity contribution in [2.45, 2.75) is 51.4 Å². The lowest BCUT2D eigenvalue weighted by Gasteiger charge is -2.31. The maximum Gasteiger partial charge on any atom is 0.391 e. The number of nitrogens with zero attached hydrogens (tertiary/aromatic N) is 3. The minimum Gasteiger partial charge on any atom is -0.357 e. The van der Waals surface area contributed by atoms with Gasteiger partial charge in [0.1, 0.15) is 6.54 Å². The Kier molecular flexibility index (Phi) is 9.20. The molecule has 0 unspecified atom stereocenters. The molecule has 0 atom stereocenters. The van der Waals surface area contributed by atoms with Gasteiger partial charge in [0, 0.05) is 23.2 Å². The van der Waals surface area contributed by atoms with Crippen molar-refractivity contribution in [2.24, 2.45) is 10.9 Å². The van der Waals surface area contributed by atoms with Crippen molar-refractivity contribution in [3.05, 3.63) is 35.2 Å². The largest absolute Gasteiger partial charge is 0.391 e. The summed E-state index contributed by atoms with van der Waals surface area (Å²) in [6.07, 6.45) is -2.94. The normalized spacial score (nSPS) is 19.8. The fourth-order valence-electron chi connectivity index (χ4n) is 3.29. The molecule has 30 heavy (non-hydrogen) atoms. The summed E-state index contributed by atoms with van der Waals surface area (Å²) in [7, 11) is 0. The highest BCUT2D eigenvalue weighted by Gasteiger charge is 2.41. The maximum absolute atomic E-state index is 12.8. The Labute approximate surface area is 195 Å². The Morgan fingerprint density at radius 1 is 1.27 bits per heavy atom. The molecular formula is C19H24ClF3IN5O. The summed E-state index contributed by atoms with van der Waals surface area (Å²) >= 11 is 5.98. The minimum atomic E-state index is -4.11. The average molecular weight is 558 g/mol. The molecule has 0 aliphatic heterocycles. The number of alkyl halides is 3. The molecule has 0 bridgehead atoms. The van der Waals surface area contributed by atoms with Crippen LogP contribution in [0.15, 0.2) is 33.8 Å². The van der Waals surface area contributed by atoms with Crippen LogP contribution in [0.25, 0.3) is 11.4 Å². The van der Waals surface area contributed by atoms with Crippen LogP contribution in [0.1, 0.15) is 38.5 Å². The van der Waals surface area contributed by atoms with Gasteiger partial charge in [-0.25, -0.2) is 4.99 Å². The van der Waals surface area contributed by atoms with Crippen LogP contribution >= 0.6 is 35.6 Å². The molecule has 2 aromatic rings. The van der Waals surface area contributed by atoms with Crippen LogP contribution in [0.3, 0.4) is 0 Å². The molecule has 0 saturated heterocycles. The Morgan fingerprint density at radius 2 is 2.00 bits per heavy atom. The molecule has 0 spiro atoms. The van der Waals surface area contributed by atoms with Crippen LogP contribution in [0.2, 0.25) is 5.02 Å². The van der Waals surface area contributed by atoms with E-state index in [0.717, 1.165) is 5.56 Å². The number of rotatable bonds is 5. The van der Waals surface area contributed by atoms with Gasteiger partial charge in [-0.1, -0.05) is 28.9 Å². The second-order valence-corrected chi connectivity index (χ2v) is 7.39. The summed E-state index contributed by atoms with van der Waals surface area (Å²) in [6.45, 7) is 2.70. The molecule has 0 radical (unpaired) electrons. The van der Waals surface area contributed by atoms with Crippen LogP contribution in [0.5, 0.6) is 0 Å². The lowest BCUT2D eigenvalue weighted by atomic mass is 9.85. The van der Waals surface area contributed by atoms with Crippen molar-refractivity contribution in [3.63, 3.8) is 0 Å². The first-order valence-corrected chi connectivity index (χ1v) is 9.93. The monoisotopic (exact) mass is 557 g/mol.